The molecular weight excluding hydrogens is 345 g/mol. The number of hydrogen-bond acceptors (Lipinski definition) is 3. The van der Waals surface area contributed by atoms with E-state index in [1.807, 2.05) is 12.1 Å². The van der Waals surface area contributed by atoms with Crippen molar-refractivity contribution in [1.82, 2.24) is 14.5 Å². The van der Waals surface area contributed by atoms with Gasteiger partial charge in [0.25, 0.3) is 5.56 Å². The minimum absolute atomic E-state index is 0.140. The average molecular weight is 367 g/mol. The highest BCUT2D eigenvalue weighted by Crippen LogP contribution is 2.15. The Kier molecular flexibility index (Phi) is 5.35. The van der Waals surface area contributed by atoms with E-state index in [0.717, 1.165) is 11.6 Å². The van der Waals surface area contributed by atoms with Crippen LogP contribution in [0, 0.1) is 5.82 Å². The molecule has 1 heterocycles. The van der Waals surface area contributed by atoms with Crippen LogP contribution in [-0.4, -0.2) is 27.4 Å². The molecule has 3 rings (SSSR count). The van der Waals surface area contributed by atoms with Crippen molar-refractivity contribution in [2.24, 2.45) is 0 Å². The predicted molar refractivity (Wildman–Crippen MR) is 103 cm³/mol. The topological polar surface area (TPSA) is 55.2 Å². The maximum atomic E-state index is 13.4. The molecule has 0 aliphatic heterocycles. The zero-order valence-electron chi connectivity index (χ0n) is 15.6. The van der Waals surface area contributed by atoms with E-state index in [4.69, 9.17) is 0 Å². The van der Waals surface area contributed by atoms with Gasteiger partial charge in [0.15, 0.2) is 0 Å². The standard InChI is InChI=1S/C21H22FN3O2/c1-14(2)16-6-4-15(5-7-16)11-24(3)20(26)12-25-13-23-19-9-8-17(22)10-18(19)21(25)27/h4-10,13-14H,11-12H2,1-3H3. The highest BCUT2D eigenvalue weighted by Gasteiger charge is 2.13. The van der Waals surface area contributed by atoms with Crippen LogP contribution in [0.15, 0.2) is 53.6 Å². The normalized spacial score (nSPS) is 11.1. The van der Waals surface area contributed by atoms with Crippen molar-refractivity contribution in [3.63, 3.8) is 0 Å². The number of rotatable bonds is 5. The summed E-state index contributed by atoms with van der Waals surface area (Å²) in [6, 6.07) is 12.0. The third-order valence-corrected chi connectivity index (χ3v) is 4.58. The number of carbonyl (C=O) groups is 1. The average Bonchev–Trinajstić information content (AvgIpc) is 2.64. The van der Waals surface area contributed by atoms with Crippen molar-refractivity contribution in [3.8, 4) is 0 Å². The molecule has 0 N–H and O–H groups in total. The lowest BCUT2D eigenvalue weighted by atomic mass is 10.0. The van der Waals surface area contributed by atoms with Crippen LogP contribution in [0.5, 0.6) is 0 Å². The van der Waals surface area contributed by atoms with Crippen LogP contribution < -0.4 is 5.56 Å². The molecule has 6 heteroatoms. The van der Waals surface area contributed by atoms with Crippen molar-refractivity contribution in [2.45, 2.75) is 32.9 Å². The van der Waals surface area contributed by atoms with Gasteiger partial charge in [-0.1, -0.05) is 38.1 Å². The second-order valence-corrected chi connectivity index (χ2v) is 6.99. The molecule has 0 fully saturated rings. The molecule has 0 atom stereocenters. The summed E-state index contributed by atoms with van der Waals surface area (Å²) in [6.45, 7) is 4.57. The van der Waals surface area contributed by atoms with E-state index in [-0.39, 0.29) is 17.8 Å². The Morgan fingerprint density at radius 1 is 1.19 bits per heavy atom. The third-order valence-electron chi connectivity index (χ3n) is 4.58. The number of aromatic nitrogens is 2. The third kappa shape index (κ3) is 4.22. The Labute approximate surface area is 157 Å². The Morgan fingerprint density at radius 2 is 1.89 bits per heavy atom. The molecule has 0 saturated heterocycles. The molecule has 27 heavy (non-hydrogen) atoms. The zero-order valence-corrected chi connectivity index (χ0v) is 15.6. The molecule has 0 radical (unpaired) electrons. The summed E-state index contributed by atoms with van der Waals surface area (Å²) in [6.07, 6.45) is 1.33. The molecule has 0 saturated carbocycles. The number of halogens is 1. The number of carbonyl (C=O) groups excluding carboxylic acids is 1. The van der Waals surface area contributed by atoms with Gasteiger partial charge in [-0.25, -0.2) is 9.37 Å². The van der Waals surface area contributed by atoms with Gasteiger partial charge >= 0.3 is 0 Å². The van der Waals surface area contributed by atoms with Crippen molar-refractivity contribution in [2.75, 3.05) is 7.05 Å². The minimum Gasteiger partial charge on any atom is -0.340 e. The largest absolute Gasteiger partial charge is 0.340 e. The van der Waals surface area contributed by atoms with Crippen LogP contribution in [0.3, 0.4) is 0 Å². The van der Waals surface area contributed by atoms with E-state index >= 15 is 0 Å². The molecule has 2 aromatic carbocycles. The molecule has 140 valence electrons. The summed E-state index contributed by atoms with van der Waals surface area (Å²) in [4.78, 5) is 30.7. The van der Waals surface area contributed by atoms with Gasteiger partial charge in [-0.2, -0.15) is 0 Å². The number of likely N-dealkylation sites (N-methyl/N-ethyl adjacent to an activating group) is 1. The van der Waals surface area contributed by atoms with Crippen LogP contribution >= 0.6 is 0 Å². The van der Waals surface area contributed by atoms with Gasteiger partial charge in [-0.15, -0.1) is 0 Å². The number of benzene rings is 2. The van der Waals surface area contributed by atoms with Gasteiger partial charge < -0.3 is 4.90 Å². The Balaban J connectivity index is 1.73. The van der Waals surface area contributed by atoms with E-state index in [9.17, 15) is 14.0 Å². The summed E-state index contributed by atoms with van der Waals surface area (Å²) in [5, 5.41) is 0.164. The fourth-order valence-electron chi connectivity index (χ4n) is 2.88. The number of fused-ring (bicyclic) bond motifs is 1. The SMILES string of the molecule is CC(C)c1ccc(CN(C)C(=O)Cn2cnc3ccc(F)cc3c2=O)cc1. The Bertz CT molecular complexity index is 1030. The van der Waals surface area contributed by atoms with Crippen molar-refractivity contribution in [1.29, 1.82) is 0 Å². The summed E-state index contributed by atoms with van der Waals surface area (Å²) < 4.78 is 14.6. The summed E-state index contributed by atoms with van der Waals surface area (Å²) in [5.41, 5.74) is 2.24. The van der Waals surface area contributed by atoms with Gasteiger partial charge in [0.05, 0.1) is 17.2 Å². The van der Waals surface area contributed by atoms with Crippen molar-refractivity contribution in [3.05, 3.63) is 76.1 Å². The lowest BCUT2D eigenvalue weighted by Gasteiger charge is -2.18. The van der Waals surface area contributed by atoms with Crippen LogP contribution in [0.1, 0.15) is 30.9 Å². The summed E-state index contributed by atoms with van der Waals surface area (Å²) >= 11 is 0. The molecule has 0 unspecified atom stereocenters. The lowest BCUT2D eigenvalue weighted by Crippen LogP contribution is -2.33. The van der Waals surface area contributed by atoms with Gasteiger partial charge in [0, 0.05) is 13.6 Å². The van der Waals surface area contributed by atoms with E-state index < -0.39 is 11.4 Å². The fraction of sp³-hybridized carbons (Fsp3) is 0.286. The van der Waals surface area contributed by atoms with Gasteiger partial charge in [0.1, 0.15) is 12.4 Å². The number of nitrogens with zero attached hydrogens (tertiary/aromatic N) is 3. The molecule has 1 aromatic heterocycles. The number of hydrogen-bond donors (Lipinski definition) is 0. The monoisotopic (exact) mass is 367 g/mol. The molecule has 0 spiro atoms. The smallest absolute Gasteiger partial charge is 0.261 e. The first kappa shape index (κ1) is 18.8. The second-order valence-electron chi connectivity index (χ2n) is 6.99. The maximum Gasteiger partial charge on any atom is 0.261 e. The van der Waals surface area contributed by atoms with E-state index in [1.54, 1.807) is 11.9 Å². The fourth-order valence-corrected chi connectivity index (χ4v) is 2.88. The lowest BCUT2D eigenvalue weighted by molar-refractivity contribution is -0.131. The molecular formula is C21H22FN3O2. The van der Waals surface area contributed by atoms with Crippen LogP contribution in [0.2, 0.25) is 0 Å². The van der Waals surface area contributed by atoms with Crippen molar-refractivity contribution >= 4 is 16.8 Å². The molecule has 3 aromatic rings. The number of amides is 1. The van der Waals surface area contributed by atoms with Gasteiger partial charge in [-0.3, -0.25) is 14.2 Å². The minimum atomic E-state index is -0.507. The predicted octanol–water partition coefficient (Wildman–Crippen LogP) is 3.32. The van der Waals surface area contributed by atoms with E-state index in [2.05, 4.69) is 31.0 Å². The Hall–Kier alpha value is -3.02. The quantitative estimate of drug-likeness (QED) is 0.695. The highest BCUT2D eigenvalue weighted by atomic mass is 19.1. The van der Waals surface area contributed by atoms with Crippen molar-refractivity contribution < 1.29 is 9.18 Å². The molecule has 0 aliphatic carbocycles. The molecule has 1 amide bonds. The van der Waals surface area contributed by atoms with E-state index in [0.29, 0.717) is 18.0 Å². The van der Waals surface area contributed by atoms with Crippen LogP contribution in [-0.2, 0) is 17.9 Å². The van der Waals surface area contributed by atoms with E-state index in [1.165, 1.54) is 28.6 Å². The Morgan fingerprint density at radius 3 is 2.56 bits per heavy atom. The van der Waals surface area contributed by atoms with Gasteiger partial charge in [-0.05, 0) is 35.2 Å². The first-order valence-corrected chi connectivity index (χ1v) is 8.82. The summed E-state index contributed by atoms with van der Waals surface area (Å²) in [7, 11) is 1.69. The van der Waals surface area contributed by atoms with Gasteiger partial charge in [0.2, 0.25) is 5.91 Å². The molecule has 5 nitrogen and oxygen atoms in total. The zero-order chi connectivity index (χ0) is 19.6. The van der Waals surface area contributed by atoms with Crippen LogP contribution in [0.25, 0.3) is 10.9 Å². The summed E-state index contributed by atoms with van der Waals surface area (Å²) in [5.74, 6) is -0.273. The second kappa shape index (κ2) is 7.70. The highest BCUT2D eigenvalue weighted by molar-refractivity contribution is 5.79. The maximum absolute atomic E-state index is 13.4. The first-order valence-electron chi connectivity index (χ1n) is 8.82. The molecule has 0 aliphatic rings. The molecule has 0 bridgehead atoms. The first-order chi connectivity index (χ1) is 12.8. The van der Waals surface area contributed by atoms with Crippen LogP contribution in [0.4, 0.5) is 4.39 Å².